The van der Waals surface area contributed by atoms with E-state index in [9.17, 15) is 14.9 Å². The van der Waals surface area contributed by atoms with Crippen molar-refractivity contribution in [3.05, 3.63) is 29.8 Å². The standard InChI is InChI=1S/C20H26N4O2/c1-16(25)17-4-6-18(7-5-17)24-12-10-23(11-13-24)14-19(26)22-20(15-21)8-2-3-9-20/h4-7H,2-3,8-14H2,1H3,(H,22,26). The maximum atomic E-state index is 12.3. The van der Waals surface area contributed by atoms with Gasteiger partial charge in [-0.1, -0.05) is 0 Å². The lowest BCUT2D eigenvalue weighted by Crippen LogP contribution is -2.53. The number of rotatable bonds is 5. The molecule has 0 aromatic heterocycles. The summed E-state index contributed by atoms with van der Waals surface area (Å²) in [6.45, 7) is 5.22. The molecule has 1 N–H and O–H groups in total. The largest absolute Gasteiger partial charge is 0.369 e. The maximum absolute atomic E-state index is 12.3. The summed E-state index contributed by atoms with van der Waals surface area (Å²) >= 11 is 0. The van der Waals surface area contributed by atoms with Crippen molar-refractivity contribution < 1.29 is 9.59 Å². The van der Waals surface area contributed by atoms with Crippen molar-refractivity contribution in [3.63, 3.8) is 0 Å². The monoisotopic (exact) mass is 354 g/mol. The van der Waals surface area contributed by atoms with Gasteiger partial charge in [-0.2, -0.15) is 5.26 Å². The first-order valence-corrected chi connectivity index (χ1v) is 9.32. The van der Waals surface area contributed by atoms with Crippen LogP contribution in [0.2, 0.25) is 0 Å². The van der Waals surface area contributed by atoms with Crippen LogP contribution in [0.3, 0.4) is 0 Å². The number of Topliss-reactive ketones (excluding diaryl/α,β-unsaturated/α-hetero) is 1. The Morgan fingerprint density at radius 3 is 2.27 bits per heavy atom. The molecule has 1 aliphatic heterocycles. The molecule has 6 heteroatoms. The summed E-state index contributed by atoms with van der Waals surface area (Å²) in [4.78, 5) is 28.1. The van der Waals surface area contributed by atoms with Crippen LogP contribution in [0.1, 0.15) is 43.0 Å². The number of hydrogen-bond donors (Lipinski definition) is 1. The Morgan fingerprint density at radius 1 is 1.12 bits per heavy atom. The lowest BCUT2D eigenvalue weighted by molar-refractivity contribution is -0.123. The molecule has 1 aromatic carbocycles. The van der Waals surface area contributed by atoms with Gasteiger partial charge in [0.1, 0.15) is 5.54 Å². The van der Waals surface area contributed by atoms with Crippen molar-refractivity contribution in [1.29, 1.82) is 5.26 Å². The highest BCUT2D eigenvalue weighted by Gasteiger charge is 2.35. The summed E-state index contributed by atoms with van der Waals surface area (Å²) in [5, 5.41) is 12.3. The topological polar surface area (TPSA) is 76.4 Å². The summed E-state index contributed by atoms with van der Waals surface area (Å²) in [5.74, 6) is 0.0255. The predicted octanol–water partition coefficient (Wildman–Crippen LogP) is 1.96. The average molecular weight is 354 g/mol. The van der Waals surface area contributed by atoms with Crippen molar-refractivity contribution in [1.82, 2.24) is 10.2 Å². The SMILES string of the molecule is CC(=O)c1ccc(N2CCN(CC(=O)NC3(C#N)CCCC3)CC2)cc1. The summed E-state index contributed by atoms with van der Waals surface area (Å²) in [6, 6.07) is 9.99. The first-order chi connectivity index (χ1) is 12.5. The number of carbonyl (C=O) groups excluding carboxylic acids is 2. The number of benzene rings is 1. The van der Waals surface area contributed by atoms with Crippen molar-refractivity contribution in [2.45, 2.75) is 38.1 Å². The minimum absolute atomic E-state index is 0.0484. The molecular formula is C20H26N4O2. The molecule has 138 valence electrons. The van der Waals surface area contributed by atoms with E-state index in [0.29, 0.717) is 6.54 Å². The number of piperazine rings is 1. The Kier molecular flexibility index (Phi) is 5.58. The zero-order valence-corrected chi connectivity index (χ0v) is 15.3. The molecule has 6 nitrogen and oxygen atoms in total. The van der Waals surface area contributed by atoms with Crippen LogP contribution in [0.25, 0.3) is 0 Å². The van der Waals surface area contributed by atoms with Gasteiger partial charge in [-0.15, -0.1) is 0 Å². The van der Waals surface area contributed by atoms with Crippen LogP contribution in [0.4, 0.5) is 5.69 Å². The lowest BCUT2D eigenvalue weighted by atomic mass is 10.00. The third-order valence-electron chi connectivity index (χ3n) is 5.43. The van der Waals surface area contributed by atoms with Crippen LogP contribution in [-0.2, 0) is 4.79 Å². The highest BCUT2D eigenvalue weighted by atomic mass is 16.2. The summed E-state index contributed by atoms with van der Waals surface area (Å²) in [7, 11) is 0. The van der Waals surface area contributed by atoms with Crippen LogP contribution in [-0.4, -0.2) is 54.9 Å². The smallest absolute Gasteiger partial charge is 0.235 e. The molecule has 1 saturated carbocycles. The summed E-state index contributed by atoms with van der Waals surface area (Å²) in [6.07, 6.45) is 3.54. The van der Waals surface area contributed by atoms with Gasteiger partial charge in [0, 0.05) is 37.4 Å². The third kappa shape index (κ3) is 4.23. The van der Waals surface area contributed by atoms with Crippen molar-refractivity contribution in [3.8, 4) is 6.07 Å². The van der Waals surface area contributed by atoms with Crippen LogP contribution in [0.5, 0.6) is 0 Å². The second-order valence-corrected chi connectivity index (χ2v) is 7.32. The number of nitrogens with one attached hydrogen (secondary N) is 1. The molecule has 1 saturated heterocycles. The van der Waals surface area contributed by atoms with E-state index in [2.05, 4.69) is 21.2 Å². The van der Waals surface area contributed by atoms with E-state index in [-0.39, 0.29) is 11.7 Å². The van der Waals surface area contributed by atoms with E-state index in [1.165, 1.54) is 0 Å². The molecule has 1 aliphatic carbocycles. The van der Waals surface area contributed by atoms with Crippen molar-refractivity contribution in [2.24, 2.45) is 0 Å². The summed E-state index contributed by atoms with van der Waals surface area (Å²) < 4.78 is 0. The van der Waals surface area contributed by atoms with Crippen molar-refractivity contribution >= 4 is 17.4 Å². The number of carbonyl (C=O) groups is 2. The number of amides is 1. The Labute approximate surface area is 154 Å². The first kappa shape index (κ1) is 18.4. The van der Waals surface area contributed by atoms with Crippen LogP contribution in [0.15, 0.2) is 24.3 Å². The van der Waals surface area contributed by atoms with Crippen molar-refractivity contribution in [2.75, 3.05) is 37.6 Å². The Balaban J connectivity index is 1.48. The molecule has 0 radical (unpaired) electrons. The molecule has 1 amide bonds. The maximum Gasteiger partial charge on any atom is 0.235 e. The third-order valence-corrected chi connectivity index (χ3v) is 5.43. The number of ketones is 1. The zero-order chi connectivity index (χ0) is 18.6. The van der Waals surface area contributed by atoms with Crippen LogP contribution in [0, 0.1) is 11.3 Å². The van der Waals surface area contributed by atoms with Gasteiger partial charge in [-0.3, -0.25) is 14.5 Å². The molecule has 1 heterocycles. The summed E-state index contributed by atoms with van der Waals surface area (Å²) in [5.41, 5.74) is 1.19. The van der Waals surface area contributed by atoms with Gasteiger partial charge in [-0.25, -0.2) is 0 Å². The number of nitriles is 1. The molecule has 0 bridgehead atoms. The normalized spacial score (nSPS) is 19.8. The molecule has 0 spiro atoms. The van der Waals surface area contributed by atoms with Gasteiger partial charge in [0.05, 0.1) is 12.6 Å². The lowest BCUT2D eigenvalue weighted by Gasteiger charge is -2.36. The molecule has 26 heavy (non-hydrogen) atoms. The minimum Gasteiger partial charge on any atom is -0.369 e. The number of hydrogen-bond acceptors (Lipinski definition) is 5. The van der Waals surface area contributed by atoms with E-state index in [4.69, 9.17) is 0 Å². The molecule has 1 aromatic rings. The molecule has 2 aliphatic rings. The molecule has 0 unspecified atom stereocenters. The van der Waals surface area contributed by atoms with Gasteiger partial charge in [0.25, 0.3) is 0 Å². The minimum atomic E-state index is -0.642. The quantitative estimate of drug-likeness (QED) is 0.818. The van der Waals surface area contributed by atoms with Gasteiger partial charge < -0.3 is 10.2 Å². The fourth-order valence-electron chi connectivity index (χ4n) is 3.82. The molecule has 0 atom stereocenters. The second kappa shape index (κ2) is 7.88. The Hall–Kier alpha value is -2.39. The zero-order valence-electron chi connectivity index (χ0n) is 15.3. The predicted molar refractivity (Wildman–Crippen MR) is 100 cm³/mol. The Bertz CT molecular complexity index is 694. The first-order valence-electron chi connectivity index (χ1n) is 9.32. The van der Waals surface area contributed by atoms with E-state index >= 15 is 0 Å². The molecular weight excluding hydrogens is 328 g/mol. The van der Waals surface area contributed by atoms with Gasteiger partial charge >= 0.3 is 0 Å². The Morgan fingerprint density at radius 2 is 1.73 bits per heavy atom. The van der Waals surface area contributed by atoms with Gasteiger partial charge in [0.2, 0.25) is 5.91 Å². The second-order valence-electron chi connectivity index (χ2n) is 7.32. The van der Waals surface area contributed by atoms with E-state index in [1.54, 1.807) is 6.92 Å². The molecule has 2 fully saturated rings. The number of nitrogens with zero attached hydrogens (tertiary/aromatic N) is 3. The van der Waals surface area contributed by atoms with E-state index < -0.39 is 5.54 Å². The highest BCUT2D eigenvalue weighted by Crippen LogP contribution is 2.28. The number of anilines is 1. The van der Waals surface area contributed by atoms with E-state index in [1.807, 2.05) is 24.3 Å². The van der Waals surface area contributed by atoms with Gasteiger partial charge in [-0.05, 0) is 56.9 Å². The van der Waals surface area contributed by atoms with Gasteiger partial charge in [0.15, 0.2) is 5.78 Å². The fourth-order valence-corrected chi connectivity index (χ4v) is 3.82. The van der Waals surface area contributed by atoms with Crippen LogP contribution >= 0.6 is 0 Å². The highest BCUT2D eigenvalue weighted by molar-refractivity contribution is 5.94. The van der Waals surface area contributed by atoms with Crippen LogP contribution < -0.4 is 10.2 Å². The fraction of sp³-hybridized carbons (Fsp3) is 0.550. The van der Waals surface area contributed by atoms with E-state index in [0.717, 1.165) is 63.1 Å². The average Bonchev–Trinajstić information content (AvgIpc) is 3.11. The molecule has 3 rings (SSSR count).